The van der Waals surface area contributed by atoms with Gasteiger partial charge < -0.3 is 0 Å². The Balaban J connectivity index is 0.000000167. The number of aryl methyl sites for hydroxylation is 3. The molecular weight excluding hydrogens is 647 g/mol. The van der Waals surface area contributed by atoms with Crippen LogP contribution in [-0.2, 0) is 51.5 Å². The Labute approximate surface area is 262 Å². The van der Waals surface area contributed by atoms with E-state index in [-0.39, 0.29) is 31.3 Å². The molecular formula is C39H46Hf-2. The molecule has 2 aliphatic carbocycles. The van der Waals surface area contributed by atoms with Crippen molar-refractivity contribution in [2.24, 2.45) is 10.8 Å². The van der Waals surface area contributed by atoms with Crippen LogP contribution in [0.1, 0.15) is 76.3 Å². The van der Waals surface area contributed by atoms with Gasteiger partial charge in [0.1, 0.15) is 0 Å². The second kappa shape index (κ2) is 13.5. The third kappa shape index (κ3) is 8.10. The van der Waals surface area contributed by atoms with E-state index >= 15 is 0 Å². The molecule has 0 aliphatic heterocycles. The molecule has 4 aromatic carbocycles. The molecule has 1 heteroatoms. The molecule has 4 aromatic rings. The second-order valence-corrected chi connectivity index (χ2v) is 12.8. The molecule has 0 heterocycles. The summed E-state index contributed by atoms with van der Waals surface area (Å²) in [7, 11) is 0. The van der Waals surface area contributed by atoms with Crippen molar-refractivity contribution in [1.82, 2.24) is 0 Å². The van der Waals surface area contributed by atoms with E-state index in [1.165, 1.54) is 57.0 Å². The van der Waals surface area contributed by atoms with Gasteiger partial charge in [0.2, 0.25) is 0 Å². The Morgan fingerprint density at radius 1 is 0.725 bits per heavy atom. The Morgan fingerprint density at radius 3 is 1.65 bits per heavy atom. The zero-order chi connectivity index (χ0) is 28.2. The minimum atomic E-state index is 0. The summed E-state index contributed by atoms with van der Waals surface area (Å²) in [6.07, 6.45) is 8.17. The van der Waals surface area contributed by atoms with Gasteiger partial charge in [-0.1, -0.05) is 126 Å². The van der Waals surface area contributed by atoms with Crippen molar-refractivity contribution in [3.05, 3.63) is 136 Å². The number of rotatable bonds is 3. The molecule has 0 fully saturated rings. The molecule has 0 atom stereocenters. The second-order valence-electron chi connectivity index (χ2n) is 12.8. The average molecular weight is 693 g/mol. The Kier molecular flexibility index (Phi) is 10.9. The van der Waals surface area contributed by atoms with Gasteiger partial charge in [-0.05, 0) is 42.2 Å². The van der Waals surface area contributed by atoms with Crippen molar-refractivity contribution in [2.75, 3.05) is 0 Å². The van der Waals surface area contributed by atoms with Gasteiger partial charge in [-0.2, -0.15) is 23.3 Å². The van der Waals surface area contributed by atoms with Crippen LogP contribution >= 0.6 is 0 Å². The molecule has 0 saturated heterocycles. The maximum atomic E-state index is 3.44. The predicted octanol–water partition coefficient (Wildman–Crippen LogP) is 10.6. The minimum absolute atomic E-state index is 0. The Morgan fingerprint density at radius 2 is 1.23 bits per heavy atom. The van der Waals surface area contributed by atoms with E-state index in [0.717, 1.165) is 12.8 Å². The van der Waals surface area contributed by atoms with E-state index in [4.69, 9.17) is 0 Å². The summed E-state index contributed by atoms with van der Waals surface area (Å²) in [4.78, 5) is 0. The molecule has 0 unspecified atom stereocenters. The zero-order valence-electron chi connectivity index (χ0n) is 25.9. The number of hydrogen-bond acceptors (Lipinski definition) is 0. The molecule has 6 rings (SSSR count). The van der Waals surface area contributed by atoms with E-state index in [9.17, 15) is 0 Å². The van der Waals surface area contributed by atoms with Crippen molar-refractivity contribution in [3.8, 4) is 0 Å². The van der Waals surface area contributed by atoms with Crippen molar-refractivity contribution in [1.29, 1.82) is 0 Å². The normalized spacial score (nSPS) is 16.2. The third-order valence-electron chi connectivity index (χ3n) is 8.60. The molecule has 0 spiro atoms. The fraction of sp³-hybridized carbons (Fsp3) is 0.359. The quantitative estimate of drug-likeness (QED) is 0.148. The fourth-order valence-corrected chi connectivity index (χ4v) is 5.90. The van der Waals surface area contributed by atoms with Gasteiger partial charge in [-0.15, -0.1) is 35.4 Å². The van der Waals surface area contributed by atoms with Crippen molar-refractivity contribution in [2.45, 2.75) is 81.1 Å². The van der Waals surface area contributed by atoms with E-state index < -0.39 is 0 Å². The van der Waals surface area contributed by atoms with Crippen LogP contribution in [0.5, 0.6) is 0 Å². The van der Waals surface area contributed by atoms with Gasteiger partial charge in [-0.25, -0.2) is 5.57 Å². The van der Waals surface area contributed by atoms with Gasteiger partial charge in [0.05, 0.1) is 0 Å². The van der Waals surface area contributed by atoms with Crippen LogP contribution in [0.4, 0.5) is 0 Å². The van der Waals surface area contributed by atoms with Gasteiger partial charge in [0.15, 0.2) is 0 Å². The molecule has 0 amide bonds. The third-order valence-corrected chi connectivity index (χ3v) is 8.60. The fourth-order valence-electron chi connectivity index (χ4n) is 5.90. The standard InChI is InChI=1S/C15H17.C14H14.C10H15.Hf/c1-10-4-5-11-6-12-8-15(2,3)9-13(12)7-14(10)11;1-3-7-13(8-4-1)11-12-14-9-5-2-6-10-14;1-7-6-10(4,5)9(3)8(7)2;/h4-7H,8-9H2,1-3H3;1-10H,11-12H2;1-5H3;/q-1;;-1;. The van der Waals surface area contributed by atoms with Crippen molar-refractivity contribution >= 4 is 10.8 Å². The summed E-state index contributed by atoms with van der Waals surface area (Å²) in [6, 6.07) is 30.5. The predicted molar refractivity (Wildman–Crippen MR) is 170 cm³/mol. The maximum Gasteiger partial charge on any atom is 0 e. The van der Waals surface area contributed by atoms with E-state index in [1.807, 2.05) is 0 Å². The molecule has 2 aliphatic rings. The van der Waals surface area contributed by atoms with E-state index in [2.05, 4.69) is 146 Å². The summed E-state index contributed by atoms with van der Waals surface area (Å²) in [5.74, 6) is 0. The number of hydrogen-bond donors (Lipinski definition) is 0. The van der Waals surface area contributed by atoms with Crippen molar-refractivity contribution in [3.63, 3.8) is 0 Å². The van der Waals surface area contributed by atoms with Gasteiger partial charge in [0.25, 0.3) is 0 Å². The topological polar surface area (TPSA) is 0 Å². The summed E-state index contributed by atoms with van der Waals surface area (Å²) >= 11 is 0. The first kappa shape index (κ1) is 32.1. The Bertz CT molecular complexity index is 1420. The zero-order valence-corrected chi connectivity index (χ0v) is 29.5. The van der Waals surface area contributed by atoms with Gasteiger partial charge in [0, 0.05) is 25.8 Å². The van der Waals surface area contributed by atoms with Gasteiger partial charge >= 0.3 is 0 Å². The SMILES string of the molecule is CC1=[C-]C(C)(C)C(C)=C1C.C[c-]1ccc2cc3c(cc21)CC(C)(C)C3.[Hf].c1ccc(CCc2ccccc2)cc1. The maximum absolute atomic E-state index is 3.44. The average Bonchev–Trinajstić information content (AvgIpc) is 3.48. The summed E-state index contributed by atoms with van der Waals surface area (Å²) in [6.45, 7) is 17.9. The molecule has 0 nitrogen and oxygen atoms in total. The van der Waals surface area contributed by atoms with E-state index in [1.54, 1.807) is 11.1 Å². The molecule has 40 heavy (non-hydrogen) atoms. The molecule has 0 radical (unpaired) electrons. The first-order valence-corrected chi connectivity index (χ1v) is 14.5. The Hall–Kier alpha value is -2.38. The molecule has 208 valence electrons. The molecule has 0 aromatic heterocycles. The number of fused-ring (bicyclic) bond motifs is 2. The van der Waals surface area contributed by atoms with Crippen molar-refractivity contribution < 1.29 is 25.8 Å². The van der Waals surface area contributed by atoms with Crippen LogP contribution in [0.2, 0.25) is 0 Å². The smallest absolute Gasteiger partial charge is 0 e. The molecule has 0 N–H and O–H groups in total. The first-order valence-electron chi connectivity index (χ1n) is 14.5. The van der Waals surface area contributed by atoms with Crippen LogP contribution in [0, 0.1) is 23.8 Å². The largest absolute Gasteiger partial charge is 0.263 e. The summed E-state index contributed by atoms with van der Waals surface area (Å²) in [5.41, 5.74) is 12.2. The van der Waals surface area contributed by atoms with Crippen LogP contribution in [-0.4, -0.2) is 0 Å². The van der Waals surface area contributed by atoms with Crippen LogP contribution in [0.15, 0.2) is 102 Å². The van der Waals surface area contributed by atoms with Crippen LogP contribution < -0.4 is 0 Å². The first-order chi connectivity index (χ1) is 18.4. The van der Waals surface area contributed by atoms with Crippen LogP contribution in [0.25, 0.3) is 10.8 Å². The molecule has 0 bridgehead atoms. The summed E-state index contributed by atoms with van der Waals surface area (Å²) < 4.78 is 0. The van der Waals surface area contributed by atoms with Gasteiger partial charge in [-0.3, -0.25) is 6.08 Å². The monoisotopic (exact) mass is 694 g/mol. The number of benzene rings is 3. The number of allylic oxidation sites excluding steroid dienone is 4. The van der Waals surface area contributed by atoms with Crippen LogP contribution in [0.3, 0.4) is 0 Å². The molecule has 0 saturated carbocycles. The van der Waals surface area contributed by atoms with E-state index in [0.29, 0.717) is 5.41 Å². The summed E-state index contributed by atoms with van der Waals surface area (Å²) in [5, 5.41) is 2.87. The minimum Gasteiger partial charge on any atom is -0.263 e.